The number of nitrogens with one attached hydrogen (secondary N) is 2. The summed E-state index contributed by atoms with van der Waals surface area (Å²) >= 11 is 0. The summed E-state index contributed by atoms with van der Waals surface area (Å²) in [6.45, 7) is 3.97. The summed E-state index contributed by atoms with van der Waals surface area (Å²) in [6, 6.07) is 20.2. The summed E-state index contributed by atoms with van der Waals surface area (Å²) in [7, 11) is 0. The summed E-state index contributed by atoms with van der Waals surface area (Å²) in [6.07, 6.45) is 0.885. The lowest BCUT2D eigenvalue weighted by molar-refractivity contribution is 0.0547. The molecule has 0 aliphatic heterocycles. The van der Waals surface area contributed by atoms with Crippen LogP contribution in [0, 0.1) is 0 Å². The lowest BCUT2D eigenvalue weighted by atomic mass is 10.1. The van der Waals surface area contributed by atoms with Crippen LogP contribution in [-0.2, 0) is 15.9 Å². The van der Waals surface area contributed by atoms with Crippen LogP contribution in [-0.4, -0.2) is 61.0 Å². The fourth-order valence-corrected chi connectivity index (χ4v) is 2.85. The van der Waals surface area contributed by atoms with Gasteiger partial charge in [0.15, 0.2) is 5.82 Å². The zero-order valence-electron chi connectivity index (χ0n) is 17.7. The predicted molar refractivity (Wildman–Crippen MR) is 123 cm³/mol. The number of benzene rings is 2. The van der Waals surface area contributed by atoms with Crippen LogP contribution in [0.2, 0.25) is 0 Å². The van der Waals surface area contributed by atoms with Crippen LogP contribution in [0.3, 0.4) is 0 Å². The van der Waals surface area contributed by atoms with Crippen molar-refractivity contribution in [2.75, 3.05) is 56.7 Å². The van der Waals surface area contributed by atoms with Crippen molar-refractivity contribution >= 4 is 11.9 Å². The summed E-state index contributed by atoms with van der Waals surface area (Å²) in [5, 5.41) is 6.53. The normalized spacial score (nSPS) is 10.7. The quantitative estimate of drug-likeness (QED) is 0.340. The summed E-state index contributed by atoms with van der Waals surface area (Å²) in [5.41, 5.74) is 7.58. The van der Waals surface area contributed by atoms with Crippen molar-refractivity contribution < 1.29 is 9.47 Å². The number of ether oxygens (including phenoxy) is 2. The van der Waals surface area contributed by atoms with Crippen LogP contribution >= 0.6 is 0 Å². The molecule has 4 N–H and O–H groups in total. The van der Waals surface area contributed by atoms with E-state index in [2.05, 4.69) is 37.7 Å². The predicted octanol–water partition coefficient (Wildman–Crippen LogP) is 2.60. The molecule has 0 saturated heterocycles. The average molecular weight is 423 g/mol. The van der Waals surface area contributed by atoms with E-state index in [-0.39, 0.29) is 0 Å². The monoisotopic (exact) mass is 422 g/mol. The molecule has 0 unspecified atom stereocenters. The summed E-state index contributed by atoms with van der Waals surface area (Å²) in [4.78, 5) is 13.7. The Morgan fingerprint density at radius 2 is 1.29 bits per heavy atom. The first-order valence-electron chi connectivity index (χ1n) is 10.5. The third kappa shape index (κ3) is 8.29. The number of anilines is 2. The van der Waals surface area contributed by atoms with Gasteiger partial charge < -0.3 is 25.8 Å². The number of aromatic nitrogens is 3. The molecule has 164 valence electrons. The molecule has 8 heteroatoms. The number of nitrogens with two attached hydrogens (primary N) is 1. The maximum absolute atomic E-state index is 5.55. The van der Waals surface area contributed by atoms with E-state index in [1.165, 1.54) is 5.56 Å². The van der Waals surface area contributed by atoms with Crippen molar-refractivity contribution in [3.8, 4) is 11.4 Å². The number of hydrogen-bond donors (Lipinski definition) is 3. The van der Waals surface area contributed by atoms with Gasteiger partial charge in [0.05, 0.1) is 26.4 Å². The second-order valence-corrected chi connectivity index (χ2v) is 6.77. The Hall–Kier alpha value is -3.07. The first-order valence-corrected chi connectivity index (χ1v) is 10.5. The largest absolute Gasteiger partial charge is 0.378 e. The smallest absolute Gasteiger partial charge is 0.228 e. The van der Waals surface area contributed by atoms with E-state index < -0.39 is 0 Å². The van der Waals surface area contributed by atoms with Crippen molar-refractivity contribution in [2.45, 2.75) is 6.42 Å². The molecule has 8 nitrogen and oxygen atoms in total. The zero-order chi connectivity index (χ0) is 21.6. The number of rotatable bonds is 14. The first-order chi connectivity index (χ1) is 15.3. The lowest BCUT2D eigenvalue weighted by Gasteiger charge is -2.11. The second kappa shape index (κ2) is 13.3. The lowest BCUT2D eigenvalue weighted by Crippen LogP contribution is -2.17. The Morgan fingerprint density at radius 1 is 0.677 bits per heavy atom. The van der Waals surface area contributed by atoms with Crippen LogP contribution in [0.25, 0.3) is 11.4 Å². The van der Waals surface area contributed by atoms with Gasteiger partial charge in [0.25, 0.3) is 0 Å². The number of nitrogens with zero attached hydrogens (tertiary/aromatic N) is 3. The third-order valence-corrected chi connectivity index (χ3v) is 4.37. The Morgan fingerprint density at radius 3 is 1.97 bits per heavy atom. The van der Waals surface area contributed by atoms with E-state index in [0.29, 0.717) is 57.2 Å². The maximum Gasteiger partial charge on any atom is 0.228 e. The molecule has 0 fully saturated rings. The van der Waals surface area contributed by atoms with Crippen molar-refractivity contribution in [2.24, 2.45) is 5.73 Å². The van der Waals surface area contributed by atoms with Crippen molar-refractivity contribution in [3.63, 3.8) is 0 Å². The van der Waals surface area contributed by atoms with Crippen LogP contribution in [0.5, 0.6) is 0 Å². The summed E-state index contributed by atoms with van der Waals surface area (Å²) < 4.78 is 10.8. The molecule has 3 rings (SSSR count). The van der Waals surface area contributed by atoms with Crippen molar-refractivity contribution in [1.82, 2.24) is 15.0 Å². The van der Waals surface area contributed by atoms with Gasteiger partial charge in [-0.1, -0.05) is 60.7 Å². The van der Waals surface area contributed by atoms with Gasteiger partial charge in [0.1, 0.15) is 0 Å². The van der Waals surface area contributed by atoms with Gasteiger partial charge in [-0.3, -0.25) is 0 Å². The molecule has 0 atom stereocenters. The van der Waals surface area contributed by atoms with Gasteiger partial charge in [-0.05, 0) is 12.0 Å². The van der Waals surface area contributed by atoms with Gasteiger partial charge in [0, 0.05) is 25.2 Å². The van der Waals surface area contributed by atoms with Gasteiger partial charge in [-0.25, -0.2) is 0 Å². The van der Waals surface area contributed by atoms with Crippen LogP contribution in [0.4, 0.5) is 11.9 Å². The Bertz CT molecular complexity index is 880. The molecule has 0 aliphatic carbocycles. The molecule has 0 bridgehead atoms. The molecular weight excluding hydrogens is 392 g/mol. The minimum atomic E-state index is 0.513. The minimum Gasteiger partial charge on any atom is -0.378 e. The van der Waals surface area contributed by atoms with E-state index >= 15 is 0 Å². The maximum atomic E-state index is 5.55. The molecule has 0 aliphatic rings. The standard InChI is InChI=1S/C23H30N6O2/c24-12-15-30-17-18-31-16-14-26-23-28-21(20-9-5-2-6-10-20)27-22(29-23)25-13-11-19-7-3-1-4-8-19/h1-10H,11-18,24H2,(H2,25,26,27,28,29). The van der Waals surface area contributed by atoms with Crippen LogP contribution < -0.4 is 16.4 Å². The van der Waals surface area contributed by atoms with Crippen molar-refractivity contribution in [1.29, 1.82) is 0 Å². The number of hydrogen-bond acceptors (Lipinski definition) is 8. The van der Waals surface area contributed by atoms with Gasteiger partial charge >= 0.3 is 0 Å². The Balaban J connectivity index is 1.56. The van der Waals surface area contributed by atoms with Crippen LogP contribution in [0.15, 0.2) is 60.7 Å². The van der Waals surface area contributed by atoms with Gasteiger partial charge in [-0.2, -0.15) is 15.0 Å². The zero-order valence-corrected chi connectivity index (χ0v) is 17.7. The molecular formula is C23H30N6O2. The molecule has 0 amide bonds. The average Bonchev–Trinajstić information content (AvgIpc) is 2.82. The van der Waals surface area contributed by atoms with E-state index in [1.807, 2.05) is 48.5 Å². The highest BCUT2D eigenvalue weighted by Crippen LogP contribution is 2.17. The van der Waals surface area contributed by atoms with Gasteiger partial charge in [-0.15, -0.1) is 0 Å². The van der Waals surface area contributed by atoms with Crippen LogP contribution in [0.1, 0.15) is 5.56 Å². The van der Waals surface area contributed by atoms with E-state index in [0.717, 1.165) is 18.5 Å². The molecule has 31 heavy (non-hydrogen) atoms. The molecule has 1 aromatic heterocycles. The Kier molecular flexibility index (Phi) is 9.68. The summed E-state index contributed by atoms with van der Waals surface area (Å²) in [5.74, 6) is 1.68. The highest BCUT2D eigenvalue weighted by atomic mass is 16.5. The van der Waals surface area contributed by atoms with E-state index in [1.54, 1.807) is 0 Å². The molecule has 0 spiro atoms. The molecule has 0 saturated carbocycles. The third-order valence-electron chi connectivity index (χ3n) is 4.37. The highest BCUT2D eigenvalue weighted by molar-refractivity contribution is 5.57. The molecule has 2 aromatic carbocycles. The minimum absolute atomic E-state index is 0.513. The second-order valence-electron chi connectivity index (χ2n) is 6.77. The SMILES string of the molecule is NCCOCCOCCNc1nc(NCCc2ccccc2)nc(-c2ccccc2)n1. The van der Waals surface area contributed by atoms with E-state index in [9.17, 15) is 0 Å². The topological polar surface area (TPSA) is 107 Å². The van der Waals surface area contributed by atoms with Crippen molar-refractivity contribution in [3.05, 3.63) is 66.2 Å². The Labute approximate surface area is 183 Å². The fraction of sp³-hybridized carbons (Fsp3) is 0.348. The molecule has 1 heterocycles. The first kappa shape index (κ1) is 22.6. The van der Waals surface area contributed by atoms with E-state index in [4.69, 9.17) is 15.2 Å². The molecule has 3 aromatic rings. The highest BCUT2D eigenvalue weighted by Gasteiger charge is 2.08. The fourth-order valence-electron chi connectivity index (χ4n) is 2.85. The van der Waals surface area contributed by atoms with Gasteiger partial charge in [0.2, 0.25) is 11.9 Å². The molecule has 0 radical (unpaired) electrons.